The molecule has 0 aromatic carbocycles. The summed E-state index contributed by atoms with van der Waals surface area (Å²) in [7, 11) is 0. The number of hydrogen-bond acceptors (Lipinski definition) is 1. The monoisotopic (exact) mass is 145 g/mol. The van der Waals surface area contributed by atoms with Gasteiger partial charge in [0.15, 0.2) is 0 Å². The van der Waals surface area contributed by atoms with Crippen molar-refractivity contribution in [1.82, 2.24) is 0 Å². The Hall–Kier alpha value is 0.350. The summed E-state index contributed by atoms with van der Waals surface area (Å²) in [5, 5.41) is 0.571. The number of thioether (sulfide) groups is 1. The molecule has 0 heterocycles. The minimum atomic E-state index is 0.571. The van der Waals surface area contributed by atoms with E-state index in [1.165, 1.54) is 25.0 Å². The highest BCUT2D eigenvalue weighted by Gasteiger charge is 1.91. The van der Waals surface area contributed by atoms with E-state index < -0.39 is 0 Å². The van der Waals surface area contributed by atoms with E-state index in [1.807, 2.05) is 11.8 Å². The van der Waals surface area contributed by atoms with E-state index >= 15 is 0 Å². The molecule has 0 bridgehead atoms. The molecule has 0 aliphatic carbocycles. The summed E-state index contributed by atoms with van der Waals surface area (Å²) in [6.07, 6.45) is 4.06. The summed E-state index contributed by atoms with van der Waals surface area (Å²) >= 11 is 1.96. The van der Waals surface area contributed by atoms with Crippen molar-refractivity contribution >= 4 is 11.8 Å². The Balaban J connectivity index is 2.75. The van der Waals surface area contributed by atoms with Crippen LogP contribution in [-0.4, -0.2) is 11.0 Å². The first kappa shape index (κ1) is 9.35. The molecule has 0 nitrogen and oxygen atoms in total. The molecule has 0 rings (SSSR count). The Labute approximate surface area is 63.4 Å². The van der Waals surface area contributed by atoms with Crippen LogP contribution in [0.4, 0.5) is 0 Å². The molecule has 0 fully saturated rings. The maximum atomic E-state index is 3.90. The van der Waals surface area contributed by atoms with E-state index in [4.69, 9.17) is 0 Å². The number of rotatable bonds is 5. The molecule has 0 aromatic rings. The molecular formula is C8H17S. The zero-order chi connectivity index (χ0) is 7.11. The van der Waals surface area contributed by atoms with E-state index in [2.05, 4.69) is 20.8 Å². The van der Waals surface area contributed by atoms with E-state index in [-0.39, 0.29) is 0 Å². The quantitative estimate of drug-likeness (QED) is 0.536. The summed E-state index contributed by atoms with van der Waals surface area (Å²) in [6.45, 7) is 8.28. The molecule has 0 saturated carbocycles. The Bertz CT molecular complexity index is 50.5. The van der Waals surface area contributed by atoms with Gasteiger partial charge in [-0.05, 0) is 19.1 Å². The maximum Gasteiger partial charge on any atom is 0.00191 e. The fourth-order valence-corrected chi connectivity index (χ4v) is 1.41. The predicted molar refractivity (Wildman–Crippen MR) is 46.8 cm³/mol. The van der Waals surface area contributed by atoms with Crippen LogP contribution in [-0.2, 0) is 0 Å². The van der Waals surface area contributed by atoms with Crippen LogP contribution in [0.15, 0.2) is 0 Å². The second-order valence-electron chi connectivity index (χ2n) is 2.39. The zero-order valence-corrected chi connectivity index (χ0v) is 7.34. The lowest BCUT2D eigenvalue weighted by molar-refractivity contribution is 0.778. The van der Waals surface area contributed by atoms with Crippen molar-refractivity contribution in [2.45, 2.75) is 38.4 Å². The molecule has 0 aromatic heterocycles. The van der Waals surface area contributed by atoms with Gasteiger partial charge in [-0.25, -0.2) is 0 Å². The number of hydrogen-bond donors (Lipinski definition) is 0. The molecule has 9 heavy (non-hydrogen) atoms. The van der Waals surface area contributed by atoms with E-state index in [0.29, 0.717) is 5.25 Å². The smallest absolute Gasteiger partial charge is 0.00191 e. The van der Waals surface area contributed by atoms with Crippen molar-refractivity contribution in [3.63, 3.8) is 0 Å². The average Bonchev–Trinajstić information content (AvgIpc) is 1.80. The molecule has 1 unspecified atom stereocenters. The summed E-state index contributed by atoms with van der Waals surface area (Å²) < 4.78 is 0. The topological polar surface area (TPSA) is 0 Å². The normalized spacial score (nSPS) is 10.7. The van der Waals surface area contributed by atoms with Gasteiger partial charge < -0.3 is 0 Å². The van der Waals surface area contributed by atoms with Crippen LogP contribution >= 0.6 is 11.8 Å². The third-order valence-corrected chi connectivity index (χ3v) is 2.24. The zero-order valence-electron chi connectivity index (χ0n) is 6.52. The molecule has 0 spiro atoms. The van der Waals surface area contributed by atoms with Gasteiger partial charge in [0.2, 0.25) is 0 Å². The highest BCUT2D eigenvalue weighted by Crippen LogP contribution is 2.11. The molecule has 0 aliphatic heterocycles. The average molecular weight is 145 g/mol. The van der Waals surface area contributed by atoms with Gasteiger partial charge in [-0.15, -0.1) is 0 Å². The molecule has 1 radical (unpaired) electrons. The molecule has 1 heteroatoms. The van der Waals surface area contributed by atoms with Crippen LogP contribution in [0, 0.1) is 6.92 Å². The van der Waals surface area contributed by atoms with Crippen LogP contribution in [0.1, 0.15) is 33.1 Å². The first-order valence-corrected chi connectivity index (χ1v) is 4.77. The van der Waals surface area contributed by atoms with Gasteiger partial charge in [0.05, 0.1) is 0 Å². The van der Waals surface area contributed by atoms with Crippen molar-refractivity contribution in [3.05, 3.63) is 6.92 Å². The van der Waals surface area contributed by atoms with Crippen molar-refractivity contribution < 1.29 is 0 Å². The molecule has 0 amide bonds. The third kappa shape index (κ3) is 8.35. The summed E-state index contributed by atoms with van der Waals surface area (Å²) in [4.78, 5) is 0. The number of unbranched alkanes of at least 4 members (excludes halogenated alkanes) is 2. The lowest BCUT2D eigenvalue weighted by Gasteiger charge is -2.01. The van der Waals surface area contributed by atoms with Crippen molar-refractivity contribution in [1.29, 1.82) is 0 Å². The fourth-order valence-electron chi connectivity index (χ4n) is 0.637. The maximum absolute atomic E-state index is 3.90. The van der Waals surface area contributed by atoms with Crippen LogP contribution in [0.3, 0.4) is 0 Å². The van der Waals surface area contributed by atoms with Gasteiger partial charge in [0.1, 0.15) is 0 Å². The van der Waals surface area contributed by atoms with Crippen LogP contribution < -0.4 is 0 Å². The van der Waals surface area contributed by atoms with Crippen LogP contribution in [0.2, 0.25) is 0 Å². The van der Waals surface area contributed by atoms with Gasteiger partial charge in [-0.2, -0.15) is 11.8 Å². The van der Waals surface area contributed by atoms with Crippen LogP contribution in [0.5, 0.6) is 0 Å². The predicted octanol–water partition coefficient (Wildman–Crippen LogP) is 3.13. The largest absolute Gasteiger partial charge is 0.159 e. The van der Waals surface area contributed by atoms with Gasteiger partial charge in [-0.3, -0.25) is 0 Å². The minimum absolute atomic E-state index is 0.571. The summed E-state index contributed by atoms with van der Waals surface area (Å²) in [5.74, 6) is 1.29. The minimum Gasteiger partial charge on any atom is -0.159 e. The van der Waals surface area contributed by atoms with Crippen molar-refractivity contribution in [2.24, 2.45) is 0 Å². The van der Waals surface area contributed by atoms with Crippen LogP contribution in [0.25, 0.3) is 0 Å². The van der Waals surface area contributed by atoms with E-state index in [0.717, 1.165) is 0 Å². The van der Waals surface area contributed by atoms with Gasteiger partial charge in [-0.1, -0.05) is 26.7 Å². The fraction of sp³-hybridized carbons (Fsp3) is 0.875. The molecule has 0 N–H and O–H groups in total. The van der Waals surface area contributed by atoms with Crippen molar-refractivity contribution in [2.75, 3.05) is 5.75 Å². The SMILES string of the molecule is [CH2]C(C)SCCCCC. The summed E-state index contributed by atoms with van der Waals surface area (Å²) in [6, 6.07) is 0. The first-order chi connectivity index (χ1) is 4.27. The standard InChI is InChI=1S/C8H17S/c1-4-5-6-7-9-8(2)3/h8H,2,4-7H2,1,3H3. The molecule has 55 valence electrons. The first-order valence-electron chi connectivity index (χ1n) is 3.72. The van der Waals surface area contributed by atoms with Crippen molar-refractivity contribution in [3.8, 4) is 0 Å². The molecule has 0 saturated heterocycles. The molecule has 1 atom stereocenters. The van der Waals surface area contributed by atoms with E-state index in [1.54, 1.807) is 0 Å². The highest BCUT2D eigenvalue weighted by molar-refractivity contribution is 7.99. The second kappa shape index (κ2) is 6.47. The Kier molecular flexibility index (Phi) is 6.72. The van der Waals surface area contributed by atoms with E-state index in [9.17, 15) is 0 Å². The highest BCUT2D eigenvalue weighted by atomic mass is 32.2. The van der Waals surface area contributed by atoms with Gasteiger partial charge >= 0.3 is 0 Å². The Morgan fingerprint density at radius 1 is 1.44 bits per heavy atom. The van der Waals surface area contributed by atoms with Gasteiger partial charge in [0, 0.05) is 5.25 Å². The van der Waals surface area contributed by atoms with Gasteiger partial charge in [0.25, 0.3) is 0 Å². The Morgan fingerprint density at radius 2 is 2.11 bits per heavy atom. The molecular weight excluding hydrogens is 128 g/mol. The lowest BCUT2D eigenvalue weighted by Crippen LogP contribution is -1.89. The third-order valence-electron chi connectivity index (χ3n) is 1.15. The Morgan fingerprint density at radius 3 is 2.56 bits per heavy atom. The lowest BCUT2D eigenvalue weighted by atomic mass is 10.3. The molecule has 0 aliphatic rings. The second-order valence-corrected chi connectivity index (χ2v) is 3.93. The summed E-state index contributed by atoms with van der Waals surface area (Å²) in [5.41, 5.74) is 0.